The first-order chi connectivity index (χ1) is 8.59. The molecule has 1 amide bonds. The van der Waals surface area contributed by atoms with Gasteiger partial charge >= 0.3 is 5.97 Å². The van der Waals surface area contributed by atoms with E-state index in [0.717, 1.165) is 32.4 Å². The van der Waals surface area contributed by atoms with Crippen LogP contribution in [-0.4, -0.2) is 35.0 Å². The van der Waals surface area contributed by atoms with Crippen molar-refractivity contribution in [2.24, 2.45) is 0 Å². The van der Waals surface area contributed by atoms with Crippen LogP contribution < -0.4 is 5.73 Å². The SMILES string of the molecule is Nc1ccc(C(=O)O)cc1C(=O)N1CCCCC1. The van der Waals surface area contributed by atoms with Gasteiger partial charge in [0.15, 0.2) is 0 Å². The average Bonchev–Trinajstić information content (AvgIpc) is 2.39. The van der Waals surface area contributed by atoms with Crippen LogP contribution in [-0.2, 0) is 0 Å². The van der Waals surface area contributed by atoms with E-state index in [9.17, 15) is 9.59 Å². The topological polar surface area (TPSA) is 83.6 Å². The van der Waals surface area contributed by atoms with Crippen molar-refractivity contribution in [3.05, 3.63) is 29.3 Å². The van der Waals surface area contributed by atoms with Gasteiger partial charge in [-0.25, -0.2) is 4.79 Å². The number of carbonyl (C=O) groups is 2. The molecule has 2 rings (SSSR count). The van der Waals surface area contributed by atoms with Crippen molar-refractivity contribution < 1.29 is 14.7 Å². The molecule has 0 spiro atoms. The number of carboxylic acids is 1. The summed E-state index contributed by atoms with van der Waals surface area (Å²) in [6.45, 7) is 1.44. The zero-order chi connectivity index (χ0) is 13.1. The highest BCUT2D eigenvalue weighted by molar-refractivity contribution is 6.01. The molecular weight excluding hydrogens is 232 g/mol. The Kier molecular flexibility index (Phi) is 3.50. The second kappa shape index (κ2) is 5.08. The monoisotopic (exact) mass is 248 g/mol. The fourth-order valence-corrected chi connectivity index (χ4v) is 2.14. The van der Waals surface area contributed by atoms with Crippen LogP contribution in [0.2, 0.25) is 0 Å². The highest BCUT2D eigenvalue weighted by Gasteiger charge is 2.21. The van der Waals surface area contributed by atoms with E-state index in [2.05, 4.69) is 0 Å². The molecule has 1 aliphatic rings. The van der Waals surface area contributed by atoms with Crippen molar-refractivity contribution in [2.75, 3.05) is 18.8 Å². The number of carbonyl (C=O) groups excluding carboxylic acids is 1. The summed E-state index contributed by atoms with van der Waals surface area (Å²) in [5.74, 6) is -1.22. The Balaban J connectivity index is 2.28. The van der Waals surface area contributed by atoms with Gasteiger partial charge in [0.05, 0.1) is 11.1 Å². The minimum Gasteiger partial charge on any atom is -0.478 e. The summed E-state index contributed by atoms with van der Waals surface area (Å²) in [5, 5.41) is 8.93. The Labute approximate surface area is 105 Å². The number of hydrogen-bond acceptors (Lipinski definition) is 3. The lowest BCUT2D eigenvalue weighted by molar-refractivity contribution is 0.0697. The lowest BCUT2D eigenvalue weighted by Crippen LogP contribution is -2.36. The molecule has 0 unspecified atom stereocenters. The number of benzene rings is 1. The summed E-state index contributed by atoms with van der Waals surface area (Å²) in [6.07, 6.45) is 3.11. The molecule has 1 aliphatic heterocycles. The maximum absolute atomic E-state index is 12.2. The van der Waals surface area contributed by atoms with Gasteiger partial charge in [0.25, 0.3) is 5.91 Å². The number of hydrogen-bond donors (Lipinski definition) is 2. The maximum atomic E-state index is 12.2. The first kappa shape index (κ1) is 12.4. The second-order valence-corrected chi connectivity index (χ2v) is 4.46. The molecule has 96 valence electrons. The van der Waals surface area contributed by atoms with Gasteiger partial charge in [0, 0.05) is 18.8 Å². The third kappa shape index (κ3) is 2.45. The zero-order valence-corrected chi connectivity index (χ0v) is 10.1. The second-order valence-electron chi connectivity index (χ2n) is 4.46. The summed E-state index contributed by atoms with van der Waals surface area (Å²) in [7, 11) is 0. The summed E-state index contributed by atoms with van der Waals surface area (Å²) in [6, 6.07) is 4.24. The first-order valence-corrected chi connectivity index (χ1v) is 6.01. The van der Waals surface area contributed by atoms with Crippen molar-refractivity contribution in [2.45, 2.75) is 19.3 Å². The van der Waals surface area contributed by atoms with Gasteiger partial charge in [-0.2, -0.15) is 0 Å². The van der Waals surface area contributed by atoms with Crippen LogP contribution >= 0.6 is 0 Å². The van der Waals surface area contributed by atoms with Crippen molar-refractivity contribution in [1.29, 1.82) is 0 Å². The molecule has 1 aromatic carbocycles. The molecule has 3 N–H and O–H groups in total. The molecule has 0 aromatic heterocycles. The third-order valence-corrected chi connectivity index (χ3v) is 3.17. The number of nitrogens with zero attached hydrogens (tertiary/aromatic N) is 1. The van der Waals surface area contributed by atoms with Gasteiger partial charge < -0.3 is 15.7 Å². The van der Waals surface area contributed by atoms with E-state index >= 15 is 0 Å². The smallest absolute Gasteiger partial charge is 0.335 e. The van der Waals surface area contributed by atoms with Gasteiger partial charge in [-0.3, -0.25) is 4.79 Å². The normalized spacial score (nSPS) is 15.4. The van der Waals surface area contributed by atoms with E-state index in [-0.39, 0.29) is 17.0 Å². The quantitative estimate of drug-likeness (QED) is 0.778. The molecule has 5 nitrogen and oxygen atoms in total. The Morgan fingerprint density at radius 2 is 1.83 bits per heavy atom. The molecule has 5 heteroatoms. The molecular formula is C13H16N2O3. The van der Waals surface area contributed by atoms with Crippen molar-refractivity contribution in [1.82, 2.24) is 4.90 Å². The fourth-order valence-electron chi connectivity index (χ4n) is 2.14. The number of piperidine rings is 1. The molecule has 1 fully saturated rings. The standard InChI is InChI=1S/C13H16N2O3/c14-11-5-4-9(13(17)18)8-10(11)12(16)15-6-2-1-3-7-15/h4-5,8H,1-3,6-7,14H2,(H,17,18). The lowest BCUT2D eigenvalue weighted by Gasteiger charge is -2.27. The number of aromatic carboxylic acids is 1. The Hall–Kier alpha value is -2.04. The largest absolute Gasteiger partial charge is 0.478 e. The van der Waals surface area contributed by atoms with E-state index in [1.807, 2.05) is 0 Å². The molecule has 0 saturated carbocycles. The number of nitrogens with two attached hydrogens (primary N) is 1. The summed E-state index contributed by atoms with van der Waals surface area (Å²) >= 11 is 0. The summed E-state index contributed by atoms with van der Waals surface area (Å²) in [4.78, 5) is 24.9. The maximum Gasteiger partial charge on any atom is 0.335 e. The number of nitrogen functional groups attached to an aromatic ring is 1. The van der Waals surface area contributed by atoms with Gasteiger partial charge in [-0.1, -0.05) is 0 Å². The summed E-state index contributed by atoms with van der Waals surface area (Å²) < 4.78 is 0. The molecule has 0 atom stereocenters. The number of rotatable bonds is 2. The number of carboxylic acid groups (broad SMARTS) is 1. The van der Waals surface area contributed by atoms with Crippen LogP contribution in [0.1, 0.15) is 40.0 Å². The van der Waals surface area contributed by atoms with Crippen LogP contribution in [0.5, 0.6) is 0 Å². The van der Waals surface area contributed by atoms with E-state index < -0.39 is 5.97 Å². The van der Waals surface area contributed by atoms with E-state index in [1.54, 1.807) is 4.90 Å². The van der Waals surface area contributed by atoms with Crippen molar-refractivity contribution in [3.8, 4) is 0 Å². The van der Waals surface area contributed by atoms with Crippen molar-refractivity contribution in [3.63, 3.8) is 0 Å². The van der Waals surface area contributed by atoms with Gasteiger partial charge in [-0.05, 0) is 37.5 Å². The third-order valence-electron chi connectivity index (χ3n) is 3.17. The average molecular weight is 248 g/mol. The van der Waals surface area contributed by atoms with Crippen LogP contribution in [0.15, 0.2) is 18.2 Å². The predicted molar refractivity (Wildman–Crippen MR) is 67.6 cm³/mol. The van der Waals surface area contributed by atoms with Crippen LogP contribution in [0.4, 0.5) is 5.69 Å². The summed E-state index contributed by atoms with van der Waals surface area (Å²) in [5.41, 5.74) is 6.46. The molecule has 0 radical (unpaired) electrons. The lowest BCUT2D eigenvalue weighted by atomic mass is 10.1. The molecule has 0 aliphatic carbocycles. The van der Waals surface area contributed by atoms with Crippen molar-refractivity contribution >= 4 is 17.6 Å². The zero-order valence-electron chi connectivity index (χ0n) is 10.1. The molecule has 1 heterocycles. The number of anilines is 1. The Bertz CT molecular complexity index is 479. The van der Waals surface area contributed by atoms with E-state index in [1.165, 1.54) is 18.2 Å². The number of likely N-dealkylation sites (tertiary alicyclic amines) is 1. The molecule has 1 saturated heterocycles. The highest BCUT2D eigenvalue weighted by atomic mass is 16.4. The van der Waals surface area contributed by atoms with Crippen LogP contribution in [0, 0.1) is 0 Å². The molecule has 18 heavy (non-hydrogen) atoms. The number of amides is 1. The van der Waals surface area contributed by atoms with Gasteiger partial charge in [-0.15, -0.1) is 0 Å². The van der Waals surface area contributed by atoms with Gasteiger partial charge in [0.2, 0.25) is 0 Å². The van der Waals surface area contributed by atoms with Crippen LogP contribution in [0.25, 0.3) is 0 Å². The van der Waals surface area contributed by atoms with Gasteiger partial charge in [0.1, 0.15) is 0 Å². The highest BCUT2D eigenvalue weighted by Crippen LogP contribution is 2.19. The minimum absolute atomic E-state index is 0.0876. The minimum atomic E-state index is -1.05. The Morgan fingerprint density at radius 1 is 1.17 bits per heavy atom. The van der Waals surface area contributed by atoms with E-state index in [0.29, 0.717) is 5.69 Å². The Morgan fingerprint density at radius 3 is 2.44 bits per heavy atom. The molecule has 1 aromatic rings. The first-order valence-electron chi connectivity index (χ1n) is 6.01. The predicted octanol–water partition coefficient (Wildman–Crippen LogP) is 1.59. The van der Waals surface area contributed by atoms with Crippen LogP contribution in [0.3, 0.4) is 0 Å². The fraction of sp³-hybridized carbons (Fsp3) is 0.385. The molecule has 0 bridgehead atoms. The van der Waals surface area contributed by atoms with E-state index in [4.69, 9.17) is 10.8 Å².